The quantitative estimate of drug-likeness (QED) is 0.662. The smallest absolute Gasteiger partial charge is 0.263 e. The number of hydrogen-bond donors (Lipinski definition) is 1. The summed E-state index contributed by atoms with van der Waals surface area (Å²) in [6, 6.07) is 7.16. The van der Waals surface area contributed by atoms with Gasteiger partial charge in [-0.15, -0.1) is 11.6 Å². The molecule has 1 aromatic carbocycles. The molecule has 1 heterocycles. The predicted octanol–water partition coefficient (Wildman–Crippen LogP) is 1.58. The molecule has 2 rings (SSSR count). The molecule has 1 aromatic heterocycles. The number of anilines is 1. The minimum Gasteiger partial charge on any atom is -0.269 e. The highest BCUT2D eigenvalue weighted by Gasteiger charge is 2.25. The highest BCUT2D eigenvalue weighted by atomic mass is 35.5. The van der Waals surface area contributed by atoms with Crippen LogP contribution in [-0.4, -0.2) is 30.3 Å². The van der Waals surface area contributed by atoms with E-state index in [1.807, 2.05) is 0 Å². The molecule has 2 N–H and O–H groups in total. The maximum atomic E-state index is 12.7. The molecule has 1 amide bonds. The van der Waals surface area contributed by atoms with Gasteiger partial charge in [-0.05, 0) is 32.0 Å². The van der Waals surface area contributed by atoms with Gasteiger partial charge >= 0.3 is 0 Å². The van der Waals surface area contributed by atoms with E-state index in [0.717, 1.165) is 4.90 Å². The Morgan fingerprint density at radius 2 is 1.78 bits per heavy atom. The van der Waals surface area contributed by atoms with Crippen LogP contribution in [-0.2, 0) is 10.0 Å². The molecule has 0 aliphatic carbocycles. The van der Waals surface area contributed by atoms with E-state index < -0.39 is 15.9 Å². The van der Waals surface area contributed by atoms with Crippen LogP contribution in [0.1, 0.15) is 21.7 Å². The zero-order valence-electron chi connectivity index (χ0n) is 12.5. The Morgan fingerprint density at radius 3 is 2.30 bits per heavy atom. The molecule has 0 fully saturated rings. The van der Waals surface area contributed by atoms with Gasteiger partial charge in [-0.1, -0.05) is 12.1 Å². The Balaban J connectivity index is 2.54. The van der Waals surface area contributed by atoms with Crippen molar-refractivity contribution >= 4 is 33.5 Å². The molecule has 0 spiro atoms. The summed E-state index contributed by atoms with van der Waals surface area (Å²) in [5.74, 6) is -0.540. The van der Waals surface area contributed by atoms with Gasteiger partial charge in [0.1, 0.15) is 6.00 Å². The molecule has 0 aliphatic rings. The average molecular weight is 355 g/mol. The van der Waals surface area contributed by atoms with E-state index in [-0.39, 0.29) is 22.4 Å². The normalized spacial score (nSPS) is 11.3. The number of rotatable bonds is 4. The lowest BCUT2D eigenvalue weighted by atomic mass is 10.2. The summed E-state index contributed by atoms with van der Waals surface area (Å²) in [6.45, 7) is 3.51. The molecule has 0 saturated carbocycles. The molecular weight excluding hydrogens is 340 g/mol. The molecule has 0 atom stereocenters. The number of sulfonamides is 1. The fraction of sp³-hybridized carbons (Fsp3) is 0.214. The van der Waals surface area contributed by atoms with Crippen molar-refractivity contribution in [2.45, 2.75) is 18.7 Å². The molecule has 7 nitrogen and oxygen atoms in total. The third kappa shape index (κ3) is 3.84. The number of aryl methyl sites for hydroxylation is 2. The minimum absolute atomic E-state index is 0.0848. The Bertz CT molecular complexity index is 835. The van der Waals surface area contributed by atoms with Gasteiger partial charge < -0.3 is 0 Å². The lowest BCUT2D eigenvalue weighted by Crippen LogP contribution is -2.33. The molecule has 122 valence electrons. The van der Waals surface area contributed by atoms with Crippen molar-refractivity contribution in [2.75, 3.05) is 10.9 Å². The molecule has 0 radical (unpaired) electrons. The summed E-state index contributed by atoms with van der Waals surface area (Å²) in [5, 5.41) is 5.16. The molecule has 0 aliphatic heterocycles. The van der Waals surface area contributed by atoms with Crippen LogP contribution in [0.15, 0.2) is 35.2 Å². The number of nitrogens with zero attached hydrogens (tertiary/aromatic N) is 3. The van der Waals surface area contributed by atoms with E-state index in [1.54, 1.807) is 19.9 Å². The third-order valence-electron chi connectivity index (χ3n) is 3.00. The summed E-state index contributed by atoms with van der Waals surface area (Å²) >= 11 is 5.86. The van der Waals surface area contributed by atoms with E-state index in [4.69, 9.17) is 16.7 Å². The predicted molar refractivity (Wildman–Crippen MR) is 86.9 cm³/mol. The van der Waals surface area contributed by atoms with Gasteiger partial charge in [0, 0.05) is 11.4 Å². The van der Waals surface area contributed by atoms with E-state index in [2.05, 4.69) is 9.97 Å². The second-order valence-corrected chi connectivity index (χ2v) is 6.61. The standard InChI is InChI=1S/C14H15ClN4O3S/c1-9-7-10(2)18-14(17-9)19(8-15)13(20)11-5-3-4-6-12(11)23(16,21)22/h3-7H,8H2,1-2H3,(H2,16,21,22). The van der Waals surface area contributed by atoms with E-state index >= 15 is 0 Å². The molecular formula is C14H15ClN4O3S. The lowest BCUT2D eigenvalue weighted by Gasteiger charge is -2.19. The van der Waals surface area contributed by atoms with Crippen LogP contribution >= 0.6 is 11.6 Å². The van der Waals surface area contributed by atoms with Crippen molar-refractivity contribution in [2.24, 2.45) is 5.14 Å². The second kappa shape index (κ2) is 6.61. The number of alkyl halides is 1. The number of carbonyl (C=O) groups is 1. The number of primary sulfonamides is 1. The van der Waals surface area contributed by atoms with Crippen LogP contribution < -0.4 is 10.0 Å². The number of hydrogen-bond acceptors (Lipinski definition) is 5. The highest BCUT2D eigenvalue weighted by molar-refractivity contribution is 7.89. The van der Waals surface area contributed by atoms with Crippen molar-refractivity contribution in [3.8, 4) is 0 Å². The first-order valence-corrected chi connectivity index (χ1v) is 8.64. The van der Waals surface area contributed by atoms with Gasteiger partial charge in [0.05, 0.1) is 10.5 Å². The van der Waals surface area contributed by atoms with Crippen LogP contribution in [0.4, 0.5) is 5.95 Å². The second-order valence-electron chi connectivity index (χ2n) is 4.84. The number of benzene rings is 1. The molecule has 2 aromatic rings. The first-order valence-electron chi connectivity index (χ1n) is 6.56. The zero-order valence-corrected chi connectivity index (χ0v) is 14.1. The lowest BCUT2D eigenvalue weighted by molar-refractivity contribution is 0.0986. The van der Waals surface area contributed by atoms with Crippen LogP contribution in [0, 0.1) is 13.8 Å². The van der Waals surface area contributed by atoms with Crippen molar-refractivity contribution < 1.29 is 13.2 Å². The van der Waals surface area contributed by atoms with Gasteiger partial charge in [0.2, 0.25) is 16.0 Å². The number of amides is 1. The van der Waals surface area contributed by atoms with Gasteiger partial charge in [-0.2, -0.15) is 0 Å². The van der Waals surface area contributed by atoms with E-state index in [1.165, 1.54) is 24.3 Å². The summed E-state index contributed by atoms with van der Waals surface area (Å²) in [4.78, 5) is 21.9. The maximum Gasteiger partial charge on any atom is 0.263 e. The summed E-state index contributed by atoms with van der Waals surface area (Å²) in [5.41, 5.74) is 1.24. The molecule has 23 heavy (non-hydrogen) atoms. The highest BCUT2D eigenvalue weighted by Crippen LogP contribution is 2.20. The van der Waals surface area contributed by atoms with Crippen molar-refractivity contribution in [3.63, 3.8) is 0 Å². The van der Waals surface area contributed by atoms with Crippen LogP contribution in [0.2, 0.25) is 0 Å². The van der Waals surface area contributed by atoms with Crippen LogP contribution in [0.25, 0.3) is 0 Å². The third-order valence-corrected chi connectivity index (χ3v) is 4.21. The SMILES string of the molecule is Cc1cc(C)nc(N(CCl)C(=O)c2ccccc2S(N)(=O)=O)n1. The first-order chi connectivity index (χ1) is 10.7. The van der Waals surface area contributed by atoms with Crippen LogP contribution in [0.3, 0.4) is 0 Å². The fourth-order valence-electron chi connectivity index (χ4n) is 2.06. The monoisotopic (exact) mass is 354 g/mol. The Hall–Kier alpha value is -2.03. The summed E-state index contributed by atoms with van der Waals surface area (Å²) < 4.78 is 23.3. The summed E-state index contributed by atoms with van der Waals surface area (Å²) in [6.07, 6.45) is 0. The molecule has 0 bridgehead atoms. The number of nitrogens with two attached hydrogens (primary N) is 1. The average Bonchev–Trinajstić information content (AvgIpc) is 2.46. The fourth-order valence-corrected chi connectivity index (χ4v) is 3.01. The number of carbonyl (C=O) groups excluding carboxylic acids is 1. The zero-order chi connectivity index (χ0) is 17.2. The number of halogens is 1. The van der Waals surface area contributed by atoms with E-state index in [9.17, 15) is 13.2 Å². The van der Waals surface area contributed by atoms with Gasteiger partial charge in [0.25, 0.3) is 5.91 Å². The topological polar surface area (TPSA) is 106 Å². The Morgan fingerprint density at radius 1 is 1.22 bits per heavy atom. The Kier molecular flexibility index (Phi) is 4.98. The van der Waals surface area contributed by atoms with Crippen molar-refractivity contribution in [1.29, 1.82) is 0 Å². The van der Waals surface area contributed by atoms with Crippen molar-refractivity contribution in [1.82, 2.24) is 9.97 Å². The van der Waals surface area contributed by atoms with Gasteiger partial charge in [0.15, 0.2) is 0 Å². The van der Waals surface area contributed by atoms with Gasteiger partial charge in [-0.25, -0.2) is 23.5 Å². The van der Waals surface area contributed by atoms with Crippen molar-refractivity contribution in [3.05, 3.63) is 47.3 Å². The van der Waals surface area contributed by atoms with E-state index in [0.29, 0.717) is 11.4 Å². The minimum atomic E-state index is -4.05. The summed E-state index contributed by atoms with van der Waals surface area (Å²) in [7, 11) is -4.05. The maximum absolute atomic E-state index is 12.7. The largest absolute Gasteiger partial charge is 0.269 e. The first kappa shape index (κ1) is 17.3. The van der Waals surface area contributed by atoms with Gasteiger partial charge in [-0.3, -0.25) is 9.69 Å². The molecule has 9 heteroatoms. The molecule has 0 unspecified atom stereocenters. The number of aromatic nitrogens is 2. The molecule has 0 saturated heterocycles. The van der Waals surface area contributed by atoms with Crippen LogP contribution in [0.5, 0.6) is 0 Å². The Labute approximate surface area is 139 Å².